The highest BCUT2D eigenvalue weighted by Gasteiger charge is 2.31. The van der Waals surface area contributed by atoms with Crippen LogP contribution in [0.15, 0.2) is 78.9 Å². The molecule has 1 heterocycles. The van der Waals surface area contributed by atoms with Crippen LogP contribution in [-0.2, 0) is 4.79 Å². The molecule has 0 aromatic heterocycles. The highest BCUT2D eigenvalue weighted by atomic mass is 16.5. The standard InChI is InChI=1S/C23H21N3O4/c27-22(25-29)16-9-11-17(12-10-16)26(21-13-14-24-23(21)28)18-5-4-8-20(15-18)30-19-6-2-1-3-7-19/h1-12,15,21,29H,13-14H2,(H,24,28)(H,25,27). The molecule has 3 N–H and O–H groups in total. The summed E-state index contributed by atoms with van der Waals surface area (Å²) in [4.78, 5) is 26.0. The van der Waals surface area contributed by atoms with E-state index in [1.807, 2.05) is 59.5 Å². The minimum atomic E-state index is -0.593. The number of hydrogen-bond donors (Lipinski definition) is 3. The molecule has 30 heavy (non-hydrogen) atoms. The maximum Gasteiger partial charge on any atom is 0.274 e. The van der Waals surface area contributed by atoms with E-state index in [2.05, 4.69) is 5.32 Å². The van der Waals surface area contributed by atoms with Crippen molar-refractivity contribution >= 4 is 23.2 Å². The van der Waals surface area contributed by atoms with Crippen LogP contribution in [0.4, 0.5) is 11.4 Å². The molecule has 0 bridgehead atoms. The average Bonchev–Trinajstić information content (AvgIpc) is 3.20. The maximum absolute atomic E-state index is 12.5. The van der Waals surface area contributed by atoms with Crippen LogP contribution < -0.4 is 20.4 Å². The van der Waals surface area contributed by atoms with Crippen molar-refractivity contribution in [3.63, 3.8) is 0 Å². The van der Waals surface area contributed by atoms with Crippen molar-refractivity contribution in [2.45, 2.75) is 12.5 Å². The monoisotopic (exact) mass is 403 g/mol. The van der Waals surface area contributed by atoms with Gasteiger partial charge in [0.1, 0.15) is 17.5 Å². The van der Waals surface area contributed by atoms with Gasteiger partial charge in [0.2, 0.25) is 5.91 Å². The fraction of sp³-hybridized carbons (Fsp3) is 0.130. The van der Waals surface area contributed by atoms with E-state index >= 15 is 0 Å². The van der Waals surface area contributed by atoms with Crippen molar-refractivity contribution < 1.29 is 19.5 Å². The van der Waals surface area contributed by atoms with Crippen LogP contribution in [-0.4, -0.2) is 29.6 Å². The molecule has 1 saturated heterocycles. The minimum Gasteiger partial charge on any atom is -0.457 e. The first-order valence-corrected chi connectivity index (χ1v) is 9.60. The van der Waals surface area contributed by atoms with Gasteiger partial charge in [-0.05, 0) is 55.0 Å². The number of benzene rings is 3. The third-order valence-corrected chi connectivity index (χ3v) is 4.92. The molecule has 1 fully saturated rings. The summed E-state index contributed by atoms with van der Waals surface area (Å²) in [6.45, 7) is 0.602. The van der Waals surface area contributed by atoms with Gasteiger partial charge in [-0.2, -0.15) is 0 Å². The van der Waals surface area contributed by atoms with Gasteiger partial charge in [-0.25, -0.2) is 5.48 Å². The van der Waals surface area contributed by atoms with Crippen molar-refractivity contribution in [2.75, 3.05) is 11.4 Å². The lowest BCUT2D eigenvalue weighted by atomic mass is 10.1. The number of nitrogens with zero attached hydrogens (tertiary/aromatic N) is 1. The molecule has 4 rings (SSSR count). The van der Waals surface area contributed by atoms with Gasteiger partial charge in [0.15, 0.2) is 0 Å². The van der Waals surface area contributed by atoms with E-state index in [4.69, 9.17) is 9.94 Å². The molecule has 0 aliphatic carbocycles. The summed E-state index contributed by atoms with van der Waals surface area (Å²) in [5.74, 6) is 0.726. The van der Waals surface area contributed by atoms with Gasteiger partial charge in [0, 0.05) is 29.5 Å². The molecule has 7 nitrogen and oxygen atoms in total. The second-order valence-corrected chi connectivity index (χ2v) is 6.87. The SMILES string of the molecule is O=C(NO)c1ccc(N(c2cccc(Oc3ccccc3)c2)C2CCNC2=O)cc1. The Morgan fingerprint density at radius 2 is 1.70 bits per heavy atom. The van der Waals surface area contributed by atoms with Crippen molar-refractivity contribution in [1.29, 1.82) is 0 Å². The normalized spacial score (nSPS) is 15.4. The molecular weight excluding hydrogens is 382 g/mol. The zero-order chi connectivity index (χ0) is 20.9. The van der Waals surface area contributed by atoms with Crippen molar-refractivity contribution in [2.24, 2.45) is 0 Å². The first kappa shape index (κ1) is 19.5. The molecule has 152 valence electrons. The molecule has 0 radical (unpaired) electrons. The van der Waals surface area contributed by atoms with E-state index in [9.17, 15) is 9.59 Å². The van der Waals surface area contributed by atoms with Gasteiger partial charge in [-0.3, -0.25) is 14.8 Å². The van der Waals surface area contributed by atoms with Crippen LogP contribution in [0.5, 0.6) is 11.5 Å². The molecule has 2 amide bonds. The van der Waals surface area contributed by atoms with Gasteiger partial charge in [0.05, 0.1) is 0 Å². The van der Waals surface area contributed by atoms with E-state index in [1.165, 1.54) is 0 Å². The van der Waals surface area contributed by atoms with Gasteiger partial charge < -0.3 is 15.0 Å². The molecule has 7 heteroatoms. The van der Waals surface area contributed by atoms with Crippen LogP contribution in [0.3, 0.4) is 0 Å². The number of hydroxylamine groups is 1. The number of carbonyl (C=O) groups is 2. The molecule has 3 aromatic carbocycles. The van der Waals surface area contributed by atoms with Crippen LogP contribution in [0.25, 0.3) is 0 Å². The number of ether oxygens (including phenoxy) is 1. The maximum atomic E-state index is 12.5. The number of anilines is 2. The third kappa shape index (κ3) is 4.11. The van der Waals surface area contributed by atoms with Gasteiger partial charge in [-0.1, -0.05) is 24.3 Å². The zero-order valence-corrected chi connectivity index (χ0v) is 16.1. The summed E-state index contributed by atoms with van der Waals surface area (Å²) in [6, 6.07) is 23.3. The summed E-state index contributed by atoms with van der Waals surface area (Å²) >= 11 is 0. The lowest BCUT2D eigenvalue weighted by molar-refractivity contribution is -0.120. The Morgan fingerprint density at radius 3 is 2.37 bits per heavy atom. The molecule has 1 unspecified atom stereocenters. The largest absolute Gasteiger partial charge is 0.457 e. The van der Waals surface area contributed by atoms with E-state index in [-0.39, 0.29) is 11.9 Å². The first-order chi connectivity index (χ1) is 14.7. The summed E-state index contributed by atoms with van der Waals surface area (Å²) in [5, 5.41) is 11.7. The Balaban J connectivity index is 1.69. The van der Waals surface area contributed by atoms with E-state index in [0.717, 1.165) is 17.1 Å². The zero-order valence-electron chi connectivity index (χ0n) is 16.1. The predicted octanol–water partition coefficient (Wildman–Crippen LogP) is 3.62. The quantitative estimate of drug-likeness (QED) is 0.432. The molecule has 1 atom stereocenters. The van der Waals surface area contributed by atoms with Gasteiger partial charge in [-0.15, -0.1) is 0 Å². The van der Waals surface area contributed by atoms with Crippen LogP contribution >= 0.6 is 0 Å². The molecule has 1 aliphatic rings. The second-order valence-electron chi connectivity index (χ2n) is 6.87. The number of para-hydroxylation sites is 1. The summed E-state index contributed by atoms with van der Waals surface area (Å²) < 4.78 is 5.95. The molecular formula is C23H21N3O4. The first-order valence-electron chi connectivity index (χ1n) is 9.60. The Labute approximate surface area is 173 Å². The number of carbonyl (C=O) groups excluding carboxylic acids is 2. The second kappa shape index (κ2) is 8.67. The van der Waals surface area contributed by atoms with Crippen molar-refractivity contribution in [1.82, 2.24) is 10.8 Å². The summed E-state index contributed by atoms with van der Waals surface area (Å²) in [6.07, 6.45) is 0.654. The fourth-order valence-electron chi connectivity index (χ4n) is 3.50. The van der Waals surface area contributed by atoms with E-state index in [1.54, 1.807) is 29.7 Å². The van der Waals surface area contributed by atoms with E-state index < -0.39 is 5.91 Å². The van der Waals surface area contributed by atoms with Crippen molar-refractivity contribution in [3.05, 3.63) is 84.4 Å². The Kier molecular flexibility index (Phi) is 5.63. The lowest BCUT2D eigenvalue weighted by Crippen LogP contribution is -2.37. The van der Waals surface area contributed by atoms with Crippen molar-refractivity contribution in [3.8, 4) is 11.5 Å². The van der Waals surface area contributed by atoms with Crippen LogP contribution in [0.2, 0.25) is 0 Å². The van der Waals surface area contributed by atoms with Gasteiger partial charge in [0.25, 0.3) is 5.91 Å². The summed E-state index contributed by atoms with van der Waals surface area (Å²) in [5.41, 5.74) is 3.49. The fourth-order valence-corrected chi connectivity index (χ4v) is 3.50. The third-order valence-electron chi connectivity index (χ3n) is 4.92. The molecule has 0 spiro atoms. The van der Waals surface area contributed by atoms with E-state index in [0.29, 0.717) is 24.3 Å². The molecule has 1 aliphatic heterocycles. The summed E-state index contributed by atoms with van der Waals surface area (Å²) in [7, 11) is 0. The van der Waals surface area contributed by atoms with Gasteiger partial charge >= 0.3 is 0 Å². The highest BCUT2D eigenvalue weighted by Crippen LogP contribution is 2.34. The Bertz CT molecular complexity index is 1040. The average molecular weight is 403 g/mol. The number of hydrogen-bond acceptors (Lipinski definition) is 5. The Morgan fingerprint density at radius 1 is 0.967 bits per heavy atom. The number of nitrogens with one attached hydrogen (secondary N) is 2. The molecule has 0 saturated carbocycles. The Hall–Kier alpha value is -3.84. The smallest absolute Gasteiger partial charge is 0.274 e. The topological polar surface area (TPSA) is 90.9 Å². The number of amides is 2. The predicted molar refractivity (Wildman–Crippen MR) is 112 cm³/mol. The lowest BCUT2D eigenvalue weighted by Gasteiger charge is -2.30. The number of rotatable bonds is 6. The van der Waals surface area contributed by atoms with Crippen LogP contribution in [0.1, 0.15) is 16.8 Å². The van der Waals surface area contributed by atoms with Crippen LogP contribution in [0, 0.1) is 0 Å². The molecule has 3 aromatic rings. The highest BCUT2D eigenvalue weighted by molar-refractivity contribution is 5.94. The minimum absolute atomic E-state index is 0.0541.